The van der Waals surface area contributed by atoms with Gasteiger partial charge in [-0.3, -0.25) is 4.90 Å². The molecule has 1 aromatic carbocycles. The van der Waals surface area contributed by atoms with E-state index in [-0.39, 0.29) is 22.2 Å². The van der Waals surface area contributed by atoms with Gasteiger partial charge in [-0.2, -0.15) is 0 Å². The Hall–Kier alpha value is -1.64. The first-order valence-electron chi connectivity index (χ1n) is 10.3. The Kier molecular flexibility index (Phi) is 5.62. The van der Waals surface area contributed by atoms with Gasteiger partial charge in [0.2, 0.25) is 0 Å². The molecule has 8 heteroatoms. The molecule has 1 aliphatic carbocycles. The molecule has 1 aromatic rings. The maximum Gasteiger partial charge on any atom is 0.321 e. The number of likely N-dealkylation sites (tertiary alicyclic amines) is 2. The summed E-state index contributed by atoms with van der Waals surface area (Å²) in [7, 11) is -3.36. The van der Waals surface area contributed by atoms with Crippen molar-refractivity contribution in [3.05, 3.63) is 24.3 Å². The number of hydrogen-bond acceptors (Lipinski definition) is 5. The van der Waals surface area contributed by atoms with Crippen LogP contribution in [0.1, 0.15) is 38.5 Å². The second kappa shape index (κ2) is 8.00. The second-order valence-corrected chi connectivity index (χ2v) is 10.4. The Morgan fingerprint density at radius 1 is 1.07 bits per heavy atom. The molecular formula is C20H29N3O4S. The highest BCUT2D eigenvalue weighted by atomic mass is 32.2. The summed E-state index contributed by atoms with van der Waals surface area (Å²) < 4.78 is 25.6. The van der Waals surface area contributed by atoms with Crippen molar-refractivity contribution in [2.75, 3.05) is 31.5 Å². The second-order valence-electron chi connectivity index (χ2n) is 8.19. The molecule has 2 heterocycles. The molecule has 2 aliphatic heterocycles. The molecule has 2 amide bonds. The number of rotatable bonds is 4. The molecule has 3 fully saturated rings. The van der Waals surface area contributed by atoms with E-state index in [1.54, 1.807) is 29.2 Å². The SMILES string of the molecule is O=C(Nc1cccc(S(=O)(=O)C2CCCC2)c1)N1CC(O)C(N2CCCC2)C1. The van der Waals surface area contributed by atoms with Gasteiger partial charge in [0.25, 0.3) is 0 Å². The fourth-order valence-corrected chi connectivity index (χ4v) is 6.61. The first-order chi connectivity index (χ1) is 13.4. The zero-order valence-electron chi connectivity index (χ0n) is 16.1. The number of nitrogens with one attached hydrogen (secondary N) is 1. The number of amides is 2. The monoisotopic (exact) mass is 407 g/mol. The van der Waals surface area contributed by atoms with Gasteiger partial charge in [0, 0.05) is 12.2 Å². The van der Waals surface area contributed by atoms with Crippen LogP contribution in [0.5, 0.6) is 0 Å². The molecule has 0 radical (unpaired) electrons. The van der Waals surface area contributed by atoms with Crippen molar-refractivity contribution in [1.82, 2.24) is 9.80 Å². The number of hydrogen-bond donors (Lipinski definition) is 2. The summed E-state index contributed by atoms with van der Waals surface area (Å²) in [5.41, 5.74) is 0.475. The number of urea groups is 1. The Morgan fingerprint density at radius 3 is 2.50 bits per heavy atom. The largest absolute Gasteiger partial charge is 0.390 e. The van der Waals surface area contributed by atoms with E-state index in [0.29, 0.717) is 31.6 Å². The van der Waals surface area contributed by atoms with Crippen LogP contribution in [-0.4, -0.2) is 72.9 Å². The molecule has 2 unspecified atom stereocenters. The van der Waals surface area contributed by atoms with E-state index in [9.17, 15) is 18.3 Å². The van der Waals surface area contributed by atoms with Crippen LogP contribution in [0.3, 0.4) is 0 Å². The van der Waals surface area contributed by atoms with Crippen LogP contribution >= 0.6 is 0 Å². The lowest BCUT2D eigenvalue weighted by Gasteiger charge is -2.25. The smallest absolute Gasteiger partial charge is 0.321 e. The summed E-state index contributed by atoms with van der Waals surface area (Å²) in [5.74, 6) is 0. The van der Waals surface area contributed by atoms with Crippen molar-refractivity contribution < 1.29 is 18.3 Å². The number of nitrogens with zero attached hydrogens (tertiary/aromatic N) is 2. The summed E-state index contributed by atoms with van der Waals surface area (Å²) in [5, 5.41) is 12.9. The molecule has 2 N–H and O–H groups in total. The van der Waals surface area contributed by atoms with E-state index in [4.69, 9.17) is 0 Å². The minimum atomic E-state index is -3.36. The first kappa shape index (κ1) is 19.7. The lowest BCUT2D eigenvalue weighted by molar-refractivity contribution is 0.0980. The molecule has 4 rings (SSSR count). The van der Waals surface area contributed by atoms with Gasteiger partial charge in [-0.15, -0.1) is 0 Å². The molecule has 154 valence electrons. The summed E-state index contributed by atoms with van der Waals surface area (Å²) in [4.78, 5) is 16.8. The van der Waals surface area contributed by atoms with Crippen molar-refractivity contribution in [3.63, 3.8) is 0 Å². The van der Waals surface area contributed by atoms with Crippen molar-refractivity contribution >= 4 is 21.6 Å². The molecule has 0 aromatic heterocycles. The van der Waals surface area contributed by atoms with Gasteiger partial charge in [0.15, 0.2) is 9.84 Å². The number of aliphatic hydroxyl groups is 1. The van der Waals surface area contributed by atoms with Crippen LogP contribution in [0.25, 0.3) is 0 Å². The van der Waals surface area contributed by atoms with Crippen LogP contribution in [0.4, 0.5) is 10.5 Å². The third kappa shape index (κ3) is 3.90. The fraction of sp³-hybridized carbons (Fsp3) is 0.650. The molecule has 0 spiro atoms. The highest BCUT2D eigenvalue weighted by molar-refractivity contribution is 7.92. The minimum absolute atomic E-state index is 0.0117. The van der Waals surface area contributed by atoms with Crippen molar-refractivity contribution in [1.29, 1.82) is 0 Å². The molecule has 2 saturated heterocycles. The Morgan fingerprint density at radius 2 is 1.79 bits per heavy atom. The summed E-state index contributed by atoms with van der Waals surface area (Å²) in [6, 6.07) is 6.22. The Balaban J connectivity index is 1.42. The van der Waals surface area contributed by atoms with Crippen LogP contribution < -0.4 is 5.32 Å². The molecule has 2 atom stereocenters. The van der Waals surface area contributed by atoms with E-state index in [1.807, 2.05) is 0 Å². The van der Waals surface area contributed by atoms with E-state index in [2.05, 4.69) is 10.2 Å². The number of β-amino-alcohol motifs (C(OH)–C–C–N with tert-alkyl or cyclic N) is 1. The number of carbonyl (C=O) groups excluding carboxylic acids is 1. The quantitative estimate of drug-likeness (QED) is 0.798. The molecule has 3 aliphatic rings. The standard InChI is InChI=1S/C20H29N3O4S/c24-19-14-23(13-18(19)22-10-3-4-11-22)20(25)21-15-6-5-9-17(12-15)28(26,27)16-7-1-2-8-16/h5-6,9,12,16,18-19,24H,1-4,7-8,10-11,13-14H2,(H,21,25). The maximum atomic E-state index is 12.8. The first-order valence-corrected chi connectivity index (χ1v) is 11.8. The lowest BCUT2D eigenvalue weighted by Crippen LogP contribution is -2.41. The van der Waals surface area contributed by atoms with E-state index >= 15 is 0 Å². The van der Waals surface area contributed by atoms with Gasteiger partial charge in [-0.25, -0.2) is 13.2 Å². The molecule has 1 saturated carbocycles. The molecule has 0 bridgehead atoms. The third-order valence-electron chi connectivity index (χ3n) is 6.31. The number of carbonyl (C=O) groups is 1. The number of benzene rings is 1. The lowest BCUT2D eigenvalue weighted by atomic mass is 10.2. The van der Waals surface area contributed by atoms with E-state index in [1.165, 1.54) is 0 Å². The van der Waals surface area contributed by atoms with Gasteiger partial charge >= 0.3 is 6.03 Å². The number of aliphatic hydroxyl groups excluding tert-OH is 1. The maximum absolute atomic E-state index is 12.8. The van der Waals surface area contributed by atoms with Crippen LogP contribution in [0.2, 0.25) is 0 Å². The van der Waals surface area contributed by atoms with E-state index < -0.39 is 15.9 Å². The van der Waals surface area contributed by atoms with Crippen LogP contribution in [-0.2, 0) is 9.84 Å². The molecule has 7 nitrogen and oxygen atoms in total. The van der Waals surface area contributed by atoms with Gasteiger partial charge in [-0.1, -0.05) is 18.9 Å². The van der Waals surface area contributed by atoms with Gasteiger partial charge < -0.3 is 15.3 Å². The average molecular weight is 408 g/mol. The zero-order valence-corrected chi connectivity index (χ0v) is 16.9. The predicted octanol–water partition coefficient (Wildman–Crippen LogP) is 2.08. The highest BCUT2D eigenvalue weighted by Gasteiger charge is 2.38. The third-order valence-corrected chi connectivity index (χ3v) is 8.57. The van der Waals surface area contributed by atoms with E-state index in [0.717, 1.165) is 38.8 Å². The predicted molar refractivity (Wildman–Crippen MR) is 107 cm³/mol. The molecular weight excluding hydrogens is 378 g/mol. The summed E-state index contributed by atoms with van der Waals surface area (Å²) >= 11 is 0. The normalized spacial score (nSPS) is 26.8. The summed E-state index contributed by atoms with van der Waals surface area (Å²) in [6.07, 6.45) is 5.06. The number of sulfone groups is 1. The minimum Gasteiger partial charge on any atom is -0.390 e. The zero-order chi connectivity index (χ0) is 19.7. The Bertz CT molecular complexity index is 816. The Labute approximate surface area is 166 Å². The summed E-state index contributed by atoms with van der Waals surface area (Å²) in [6.45, 7) is 2.73. The topological polar surface area (TPSA) is 90.0 Å². The van der Waals surface area contributed by atoms with Gasteiger partial charge in [0.05, 0.1) is 28.8 Å². The number of anilines is 1. The fourth-order valence-electron chi connectivity index (χ4n) is 4.71. The highest BCUT2D eigenvalue weighted by Crippen LogP contribution is 2.30. The van der Waals surface area contributed by atoms with Gasteiger partial charge in [0.1, 0.15) is 0 Å². The van der Waals surface area contributed by atoms with Crippen molar-refractivity contribution in [2.45, 2.75) is 60.8 Å². The van der Waals surface area contributed by atoms with Crippen LogP contribution in [0, 0.1) is 0 Å². The molecule has 28 heavy (non-hydrogen) atoms. The van der Waals surface area contributed by atoms with Crippen molar-refractivity contribution in [2.24, 2.45) is 0 Å². The average Bonchev–Trinajstić information content (AvgIpc) is 3.43. The van der Waals surface area contributed by atoms with Gasteiger partial charge in [-0.05, 0) is 57.0 Å². The van der Waals surface area contributed by atoms with Crippen molar-refractivity contribution in [3.8, 4) is 0 Å². The van der Waals surface area contributed by atoms with Crippen LogP contribution in [0.15, 0.2) is 29.2 Å².